The zero-order chi connectivity index (χ0) is 13.4. The molecule has 0 saturated heterocycles. The van der Waals surface area contributed by atoms with Crippen molar-refractivity contribution >= 4 is 11.9 Å². The lowest BCUT2D eigenvalue weighted by molar-refractivity contribution is -0.122. The summed E-state index contributed by atoms with van der Waals surface area (Å²) in [5, 5.41) is 5.63. The Bertz CT molecular complexity index is 281. The molecule has 104 valence electrons. The Labute approximate surface area is 109 Å². The van der Waals surface area contributed by atoms with Gasteiger partial charge in [-0.2, -0.15) is 0 Å². The van der Waals surface area contributed by atoms with Crippen LogP contribution in [0, 0.1) is 5.92 Å². The zero-order valence-electron chi connectivity index (χ0n) is 11.2. The van der Waals surface area contributed by atoms with Gasteiger partial charge in [0.2, 0.25) is 5.91 Å². The molecule has 2 atom stereocenters. The highest BCUT2D eigenvalue weighted by atomic mass is 16.2. The second kappa shape index (κ2) is 7.95. The van der Waals surface area contributed by atoms with Crippen molar-refractivity contribution in [1.29, 1.82) is 0 Å². The fourth-order valence-corrected chi connectivity index (χ4v) is 2.43. The summed E-state index contributed by atoms with van der Waals surface area (Å²) < 4.78 is 0. The first-order chi connectivity index (χ1) is 8.59. The third-order valence-corrected chi connectivity index (χ3v) is 3.59. The molecule has 5 nitrogen and oxygen atoms in total. The molecule has 1 saturated carbocycles. The number of amides is 3. The van der Waals surface area contributed by atoms with Gasteiger partial charge in [0.25, 0.3) is 0 Å². The first-order valence-corrected chi connectivity index (χ1v) is 6.92. The Kier molecular flexibility index (Phi) is 6.54. The van der Waals surface area contributed by atoms with Gasteiger partial charge in [-0.15, -0.1) is 0 Å². The van der Waals surface area contributed by atoms with Crippen LogP contribution in [0.2, 0.25) is 0 Å². The molecule has 1 rings (SSSR count). The van der Waals surface area contributed by atoms with E-state index in [4.69, 9.17) is 5.73 Å². The van der Waals surface area contributed by atoms with Crippen LogP contribution < -0.4 is 16.4 Å². The van der Waals surface area contributed by atoms with E-state index < -0.39 is 6.03 Å². The van der Waals surface area contributed by atoms with Gasteiger partial charge in [0.05, 0.1) is 0 Å². The molecular formula is C13H25N3O2. The van der Waals surface area contributed by atoms with E-state index in [9.17, 15) is 9.59 Å². The van der Waals surface area contributed by atoms with Crippen molar-refractivity contribution in [2.75, 3.05) is 6.54 Å². The molecule has 0 spiro atoms. The number of nitrogens with one attached hydrogen (secondary N) is 2. The molecule has 4 N–H and O–H groups in total. The number of carbonyl (C=O) groups excluding carboxylic acids is 2. The summed E-state index contributed by atoms with van der Waals surface area (Å²) in [7, 11) is 0. The third-order valence-electron chi connectivity index (χ3n) is 3.59. The standard InChI is InChI=1S/C13H25N3O2/c1-10-6-2-3-7-11(10)16-12(17)8-4-5-9-15-13(14)18/h10-11H,2-9H2,1H3,(H,16,17)(H3,14,15,18). The molecule has 2 unspecified atom stereocenters. The molecule has 0 heterocycles. The molecule has 1 aliphatic carbocycles. The van der Waals surface area contributed by atoms with Crippen molar-refractivity contribution in [2.45, 2.75) is 57.9 Å². The van der Waals surface area contributed by atoms with Gasteiger partial charge in [-0.1, -0.05) is 19.8 Å². The van der Waals surface area contributed by atoms with Crippen LogP contribution in [0.25, 0.3) is 0 Å². The Morgan fingerprint density at radius 1 is 1.22 bits per heavy atom. The van der Waals surface area contributed by atoms with Crippen molar-refractivity contribution in [2.24, 2.45) is 11.7 Å². The fraction of sp³-hybridized carbons (Fsp3) is 0.846. The topological polar surface area (TPSA) is 84.2 Å². The molecular weight excluding hydrogens is 230 g/mol. The van der Waals surface area contributed by atoms with E-state index in [1.54, 1.807) is 0 Å². The Morgan fingerprint density at radius 3 is 2.61 bits per heavy atom. The van der Waals surface area contributed by atoms with Gasteiger partial charge in [0.1, 0.15) is 0 Å². The van der Waals surface area contributed by atoms with Gasteiger partial charge < -0.3 is 16.4 Å². The second-order valence-electron chi connectivity index (χ2n) is 5.18. The van der Waals surface area contributed by atoms with Gasteiger partial charge in [0, 0.05) is 19.0 Å². The maximum absolute atomic E-state index is 11.7. The molecule has 0 aromatic rings. The molecule has 0 radical (unpaired) electrons. The van der Waals surface area contributed by atoms with Crippen LogP contribution >= 0.6 is 0 Å². The van der Waals surface area contributed by atoms with Crippen LogP contribution in [-0.2, 0) is 4.79 Å². The average Bonchev–Trinajstić information content (AvgIpc) is 2.31. The minimum atomic E-state index is -0.504. The van der Waals surface area contributed by atoms with Crippen LogP contribution in [0.4, 0.5) is 4.79 Å². The van der Waals surface area contributed by atoms with E-state index in [-0.39, 0.29) is 5.91 Å². The number of nitrogens with two attached hydrogens (primary N) is 1. The molecule has 18 heavy (non-hydrogen) atoms. The van der Waals surface area contributed by atoms with Crippen LogP contribution in [0.15, 0.2) is 0 Å². The van der Waals surface area contributed by atoms with Gasteiger partial charge in [-0.25, -0.2) is 4.79 Å². The summed E-state index contributed by atoms with van der Waals surface area (Å²) in [6.45, 7) is 2.75. The van der Waals surface area contributed by atoms with Gasteiger partial charge in [-0.05, 0) is 31.6 Å². The number of hydrogen-bond donors (Lipinski definition) is 3. The fourth-order valence-electron chi connectivity index (χ4n) is 2.43. The monoisotopic (exact) mass is 255 g/mol. The molecule has 1 fully saturated rings. The first kappa shape index (κ1) is 14.8. The minimum absolute atomic E-state index is 0.132. The van der Waals surface area contributed by atoms with Gasteiger partial charge in [-0.3, -0.25) is 4.79 Å². The number of rotatable bonds is 6. The number of unbranched alkanes of at least 4 members (excludes halogenated alkanes) is 1. The largest absolute Gasteiger partial charge is 0.353 e. The van der Waals surface area contributed by atoms with Crippen molar-refractivity contribution in [3.05, 3.63) is 0 Å². The molecule has 3 amide bonds. The van der Waals surface area contributed by atoms with E-state index in [1.165, 1.54) is 19.3 Å². The van der Waals surface area contributed by atoms with E-state index in [0.717, 1.165) is 19.3 Å². The minimum Gasteiger partial charge on any atom is -0.353 e. The maximum atomic E-state index is 11.7. The smallest absolute Gasteiger partial charge is 0.312 e. The molecule has 0 bridgehead atoms. The summed E-state index contributed by atoms with van der Waals surface area (Å²) in [5.74, 6) is 0.729. The first-order valence-electron chi connectivity index (χ1n) is 6.92. The Morgan fingerprint density at radius 2 is 1.94 bits per heavy atom. The van der Waals surface area contributed by atoms with Crippen LogP contribution in [0.1, 0.15) is 51.9 Å². The molecule has 0 aromatic carbocycles. The van der Waals surface area contributed by atoms with Gasteiger partial charge in [0.15, 0.2) is 0 Å². The van der Waals surface area contributed by atoms with E-state index in [2.05, 4.69) is 17.6 Å². The molecule has 0 aromatic heterocycles. The summed E-state index contributed by atoms with van der Waals surface area (Å²) in [4.78, 5) is 22.2. The van der Waals surface area contributed by atoms with Crippen LogP contribution in [0.3, 0.4) is 0 Å². The lowest BCUT2D eigenvalue weighted by Crippen LogP contribution is -2.41. The quantitative estimate of drug-likeness (QED) is 0.629. The number of carbonyl (C=O) groups is 2. The van der Waals surface area contributed by atoms with Crippen molar-refractivity contribution in [1.82, 2.24) is 10.6 Å². The third kappa shape index (κ3) is 5.89. The predicted molar refractivity (Wildman–Crippen MR) is 71.0 cm³/mol. The van der Waals surface area contributed by atoms with E-state index in [0.29, 0.717) is 24.9 Å². The van der Waals surface area contributed by atoms with Crippen molar-refractivity contribution < 1.29 is 9.59 Å². The average molecular weight is 255 g/mol. The summed E-state index contributed by atoms with van der Waals surface area (Å²) in [6.07, 6.45) is 6.93. The predicted octanol–water partition coefficient (Wildman–Crippen LogP) is 1.52. The van der Waals surface area contributed by atoms with Crippen molar-refractivity contribution in [3.63, 3.8) is 0 Å². The normalized spacial score (nSPS) is 23.4. The second-order valence-corrected chi connectivity index (χ2v) is 5.18. The zero-order valence-corrected chi connectivity index (χ0v) is 11.2. The lowest BCUT2D eigenvalue weighted by atomic mass is 9.86. The van der Waals surface area contributed by atoms with E-state index in [1.807, 2.05) is 0 Å². The van der Waals surface area contributed by atoms with Crippen LogP contribution in [0.5, 0.6) is 0 Å². The Balaban J connectivity index is 2.07. The molecule has 1 aliphatic rings. The van der Waals surface area contributed by atoms with Crippen LogP contribution in [-0.4, -0.2) is 24.5 Å². The summed E-state index contributed by atoms with van der Waals surface area (Å²) in [5.41, 5.74) is 4.94. The number of primary amides is 1. The maximum Gasteiger partial charge on any atom is 0.312 e. The number of urea groups is 1. The molecule has 5 heteroatoms. The van der Waals surface area contributed by atoms with Crippen molar-refractivity contribution in [3.8, 4) is 0 Å². The highest BCUT2D eigenvalue weighted by Crippen LogP contribution is 2.23. The Hall–Kier alpha value is -1.26. The highest BCUT2D eigenvalue weighted by Gasteiger charge is 2.22. The highest BCUT2D eigenvalue weighted by molar-refractivity contribution is 5.76. The summed E-state index contributed by atoms with van der Waals surface area (Å²) in [6, 6.07) is -0.148. The lowest BCUT2D eigenvalue weighted by Gasteiger charge is -2.29. The molecule has 0 aliphatic heterocycles. The van der Waals surface area contributed by atoms with E-state index >= 15 is 0 Å². The SMILES string of the molecule is CC1CCCCC1NC(=O)CCCCNC(N)=O. The number of hydrogen-bond acceptors (Lipinski definition) is 2. The summed E-state index contributed by atoms with van der Waals surface area (Å²) >= 11 is 0. The van der Waals surface area contributed by atoms with Gasteiger partial charge >= 0.3 is 6.03 Å².